The number of H-pyrrole nitrogens is 1. The van der Waals surface area contributed by atoms with Gasteiger partial charge in [0.15, 0.2) is 0 Å². The van der Waals surface area contributed by atoms with E-state index in [1.165, 1.54) is 19.3 Å². The molecule has 0 spiro atoms. The molecule has 3 amide bonds. The van der Waals surface area contributed by atoms with E-state index in [4.69, 9.17) is 0 Å². The molecule has 2 aliphatic heterocycles. The van der Waals surface area contributed by atoms with Gasteiger partial charge in [-0.1, -0.05) is 18.2 Å². The second kappa shape index (κ2) is 10.2. The number of nitrogens with zero attached hydrogens (tertiary/aromatic N) is 4. The van der Waals surface area contributed by atoms with Crippen LogP contribution in [0.1, 0.15) is 30.4 Å². The zero-order valence-electron chi connectivity index (χ0n) is 19.5. The summed E-state index contributed by atoms with van der Waals surface area (Å²) >= 11 is 0. The van der Waals surface area contributed by atoms with Gasteiger partial charge in [0.25, 0.3) is 0 Å². The summed E-state index contributed by atoms with van der Waals surface area (Å²) in [5, 5.41) is 4.12. The lowest BCUT2D eigenvalue weighted by Crippen LogP contribution is -2.53. The Kier molecular flexibility index (Phi) is 6.65. The lowest BCUT2D eigenvalue weighted by molar-refractivity contribution is -0.131. The van der Waals surface area contributed by atoms with Crippen molar-refractivity contribution >= 4 is 28.7 Å². The fourth-order valence-electron chi connectivity index (χ4n) is 4.87. The van der Waals surface area contributed by atoms with Gasteiger partial charge in [-0.3, -0.25) is 4.79 Å². The van der Waals surface area contributed by atoms with E-state index < -0.39 is 0 Å². The van der Waals surface area contributed by atoms with Crippen LogP contribution in [0.4, 0.5) is 10.6 Å². The van der Waals surface area contributed by atoms with E-state index in [0.717, 1.165) is 40.9 Å². The van der Waals surface area contributed by atoms with Crippen molar-refractivity contribution in [2.45, 2.75) is 32.2 Å². The normalized spacial score (nSPS) is 16.6. The number of piperazine rings is 1. The molecule has 0 aliphatic carbocycles. The van der Waals surface area contributed by atoms with Gasteiger partial charge in [-0.05, 0) is 48.6 Å². The van der Waals surface area contributed by atoms with Crippen LogP contribution in [0.3, 0.4) is 0 Å². The third-order valence-electron chi connectivity index (χ3n) is 6.87. The summed E-state index contributed by atoms with van der Waals surface area (Å²) in [5.41, 5.74) is 3.11. The number of hydrogen-bond acceptors (Lipinski definition) is 4. The molecule has 0 unspecified atom stereocenters. The number of amides is 3. The highest BCUT2D eigenvalue weighted by molar-refractivity contribution is 5.89. The second-order valence-corrected chi connectivity index (χ2v) is 9.13. The maximum atomic E-state index is 12.8. The molecular formula is C26H32N6O2. The van der Waals surface area contributed by atoms with Crippen LogP contribution in [0, 0.1) is 0 Å². The predicted molar refractivity (Wildman–Crippen MR) is 133 cm³/mol. The molecule has 2 aliphatic rings. The number of fused-ring (bicyclic) bond motifs is 1. The summed E-state index contributed by atoms with van der Waals surface area (Å²) in [7, 11) is 0. The van der Waals surface area contributed by atoms with Gasteiger partial charge in [-0.15, -0.1) is 0 Å². The van der Waals surface area contributed by atoms with E-state index in [-0.39, 0.29) is 11.9 Å². The molecule has 4 heterocycles. The topological polar surface area (TPSA) is 84.6 Å². The average Bonchev–Trinajstić information content (AvgIpc) is 3.31. The Bertz CT molecular complexity index is 1140. The quantitative estimate of drug-likeness (QED) is 0.613. The van der Waals surface area contributed by atoms with Gasteiger partial charge in [-0.2, -0.15) is 0 Å². The molecule has 0 saturated carbocycles. The number of para-hydroxylation sites is 1. The fourth-order valence-corrected chi connectivity index (χ4v) is 4.87. The number of carbonyl (C=O) groups is 2. The molecular weight excluding hydrogens is 428 g/mol. The number of anilines is 1. The van der Waals surface area contributed by atoms with E-state index in [0.29, 0.717) is 39.1 Å². The lowest BCUT2D eigenvalue weighted by atomic mass is 10.1. The zero-order chi connectivity index (χ0) is 23.3. The maximum absolute atomic E-state index is 12.8. The maximum Gasteiger partial charge on any atom is 0.317 e. The highest BCUT2D eigenvalue weighted by Gasteiger charge is 2.24. The van der Waals surface area contributed by atoms with Crippen molar-refractivity contribution in [3.63, 3.8) is 0 Å². The molecule has 5 rings (SSSR count). The predicted octanol–water partition coefficient (Wildman–Crippen LogP) is 3.15. The molecule has 8 nitrogen and oxygen atoms in total. The molecule has 0 radical (unpaired) electrons. The molecule has 2 N–H and O–H groups in total. The van der Waals surface area contributed by atoms with Crippen LogP contribution in [0.5, 0.6) is 0 Å². The van der Waals surface area contributed by atoms with Gasteiger partial charge in [0.2, 0.25) is 5.91 Å². The Morgan fingerprint density at radius 3 is 2.53 bits per heavy atom. The molecule has 0 bridgehead atoms. The summed E-state index contributed by atoms with van der Waals surface area (Å²) in [6, 6.07) is 12.0. The smallest absolute Gasteiger partial charge is 0.317 e. The zero-order valence-corrected chi connectivity index (χ0v) is 19.5. The van der Waals surface area contributed by atoms with Crippen molar-refractivity contribution in [2.75, 3.05) is 44.2 Å². The number of nitrogens with one attached hydrogen (secondary N) is 2. The number of hydrogen-bond donors (Lipinski definition) is 2. The van der Waals surface area contributed by atoms with Gasteiger partial charge < -0.3 is 25.0 Å². The monoisotopic (exact) mass is 460 g/mol. The summed E-state index contributed by atoms with van der Waals surface area (Å²) in [6.45, 7) is 4.77. The van der Waals surface area contributed by atoms with Crippen LogP contribution in [0.2, 0.25) is 0 Å². The average molecular weight is 461 g/mol. The first kappa shape index (κ1) is 22.3. The number of carbonyl (C=O) groups excluding carboxylic acids is 2. The first-order chi connectivity index (χ1) is 16.7. The Morgan fingerprint density at radius 2 is 1.71 bits per heavy atom. The SMILES string of the molecule is O=C(Cc1c[nH]c2ccccc12)N1CCN(C(=O)NCc2ccnc(N3CCCCC3)c2)CC1. The van der Waals surface area contributed by atoms with Crippen molar-refractivity contribution in [1.29, 1.82) is 0 Å². The molecule has 2 fully saturated rings. The molecule has 0 atom stereocenters. The van der Waals surface area contributed by atoms with Crippen LogP contribution >= 0.6 is 0 Å². The molecule has 1 aromatic carbocycles. The number of pyridine rings is 1. The first-order valence-corrected chi connectivity index (χ1v) is 12.2. The highest BCUT2D eigenvalue weighted by atomic mass is 16.2. The van der Waals surface area contributed by atoms with Crippen molar-refractivity contribution in [3.05, 3.63) is 59.9 Å². The minimum absolute atomic E-state index is 0.0833. The largest absolute Gasteiger partial charge is 0.361 e. The number of rotatable bonds is 5. The number of aromatic nitrogens is 2. The number of benzene rings is 1. The van der Waals surface area contributed by atoms with Gasteiger partial charge in [0, 0.05) is 69.1 Å². The number of aromatic amines is 1. The van der Waals surface area contributed by atoms with Gasteiger partial charge >= 0.3 is 6.03 Å². The van der Waals surface area contributed by atoms with Crippen molar-refractivity contribution in [2.24, 2.45) is 0 Å². The Balaban J connectivity index is 1.09. The van der Waals surface area contributed by atoms with E-state index in [1.54, 1.807) is 4.90 Å². The third-order valence-corrected chi connectivity index (χ3v) is 6.87. The van der Waals surface area contributed by atoms with E-state index >= 15 is 0 Å². The summed E-state index contributed by atoms with van der Waals surface area (Å²) < 4.78 is 0. The van der Waals surface area contributed by atoms with Gasteiger partial charge in [0.05, 0.1) is 6.42 Å². The minimum atomic E-state index is -0.0833. The third kappa shape index (κ3) is 5.00. The highest BCUT2D eigenvalue weighted by Crippen LogP contribution is 2.20. The lowest BCUT2D eigenvalue weighted by Gasteiger charge is -2.34. The molecule has 8 heteroatoms. The van der Waals surface area contributed by atoms with Crippen LogP contribution < -0.4 is 10.2 Å². The Morgan fingerprint density at radius 1 is 0.941 bits per heavy atom. The van der Waals surface area contributed by atoms with Crippen molar-refractivity contribution in [3.8, 4) is 0 Å². The van der Waals surface area contributed by atoms with E-state index in [9.17, 15) is 9.59 Å². The summed E-state index contributed by atoms with van der Waals surface area (Å²) in [5.74, 6) is 1.10. The Labute approximate surface area is 199 Å². The molecule has 3 aromatic rings. The van der Waals surface area contributed by atoms with Crippen molar-refractivity contribution < 1.29 is 9.59 Å². The van der Waals surface area contributed by atoms with Crippen molar-refractivity contribution in [1.82, 2.24) is 25.1 Å². The molecule has 34 heavy (non-hydrogen) atoms. The number of piperidine rings is 1. The standard InChI is InChI=1S/C26H32N6O2/c33-25(17-21-19-28-23-7-3-2-6-22(21)23)31-12-14-32(15-13-31)26(34)29-18-20-8-9-27-24(16-20)30-10-4-1-5-11-30/h2-3,6-9,16,19,28H,1,4-5,10-15,17-18H2,(H,29,34). The van der Waals surface area contributed by atoms with Crippen LogP contribution in [-0.4, -0.2) is 71.0 Å². The minimum Gasteiger partial charge on any atom is -0.361 e. The van der Waals surface area contributed by atoms with Crippen LogP contribution in [0.25, 0.3) is 10.9 Å². The van der Waals surface area contributed by atoms with E-state index in [1.807, 2.05) is 47.6 Å². The van der Waals surface area contributed by atoms with E-state index in [2.05, 4.69) is 26.3 Å². The number of urea groups is 1. The molecule has 2 saturated heterocycles. The van der Waals surface area contributed by atoms with Crippen LogP contribution in [0.15, 0.2) is 48.8 Å². The first-order valence-electron chi connectivity index (χ1n) is 12.2. The van der Waals surface area contributed by atoms with Crippen LogP contribution in [-0.2, 0) is 17.8 Å². The molecule has 2 aromatic heterocycles. The molecule has 178 valence electrons. The second-order valence-electron chi connectivity index (χ2n) is 9.13. The Hall–Kier alpha value is -3.55. The summed E-state index contributed by atoms with van der Waals surface area (Å²) in [4.78, 5) is 39.3. The van der Waals surface area contributed by atoms with Gasteiger partial charge in [0.1, 0.15) is 5.82 Å². The fraction of sp³-hybridized carbons (Fsp3) is 0.423. The van der Waals surface area contributed by atoms with Gasteiger partial charge in [-0.25, -0.2) is 9.78 Å². The summed E-state index contributed by atoms with van der Waals surface area (Å²) in [6.07, 6.45) is 7.81.